The van der Waals surface area contributed by atoms with E-state index in [2.05, 4.69) is 6.07 Å². The van der Waals surface area contributed by atoms with Gasteiger partial charge in [-0.25, -0.2) is 4.39 Å². The van der Waals surface area contributed by atoms with Crippen molar-refractivity contribution >= 4 is 11.8 Å². The first-order chi connectivity index (χ1) is 9.28. The quantitative estimate of drug-likeness (QED) is 0.612. The largest absolute Gasteiger partial charge is 0.493 e. The van der Waals surface area contributed by atoms with E-state index in [0.29, 0.717) is 12.2 Å². The molecular formula is C15H12FNOS. The van der Waals surface area contributed by atoms with Gasteiger partial charge in [-0.2, -0.15) is 5.26 Å². The molecule has 19 heavy (non-hydrogen) atoms. The molecule has 0 aliphatic carbocycles. The number of hydrogen-bond acceptors (Lipinski definition) is 3. The highest BCUT2D eigenvalue weighted by Gasteiger charge is 1.97. The van der Waals surface area contributed by atoms with Crippen LogP contribution in [0.25, 0.3) is 0 Å². The second-order valence-electron chi connectivity index (χ2n) is 3.79. The topological polar surface area (TPSA) is 33.0 Å². The van der Waals surface area contributed by atoms with Crippen LogP contribution in [0, 0.1) is 17.1 Å². The van der Waals surface area contributed by atoms with Gasteiger partial charge in [0.2, 0.25) is 0 Å². The van der Waals surface area contributed by atoms with Crippen molar-refractivity contribution in [1.29, 1.82) is 5.26 Å². The van der Waals surface area contributed by atoms with Crippen molar-refractivity contribution in [2.45, 2.75) is 4.90 Å². The molecule has 0 heterocycles. The Labute approximate surface area is 115 Å². The first kappa shape index (κ1) is 13.4. The summed E-state index contributed by atoms with van der Waals surface area (Å²) < 4.78 is 18.2. The molecule has 2 aromatic rings. The van der Waals surface area contributed by atoms with E-state index in [4.69, 9.17) is 10.00 Å². The Bertz CT molecular complexity index is 560. The lowest BCUT2D eigenvalue weighted by molar-refractivity contribution is 0.344. The number of ether oxygens (including phenoxy) is 1. The van der Waals surface area contributed by atoms with Gasteiger partial charge >= 0.3 is 0 Å². The van der Waals surface area contributed by atoms with Crippen LogP contribution in [-0.2, 0) is 0 Å². The van der Waals surface area contributed by atoms with Crippen LogP contribution in [0.5, 0.6) is 5.75 Å². The lowest BCUT2D eigenvalue weighted by Crippen LogP contribution is -1.99. The Balaban J connectivity index is 1.74. The fourth-order valence-corrected chi connectivity index (χ4v) is 2.21. The van der Waals surface area contributed by atoms with Gasteiger partial charge in [0.05, 0.1) is 18.2 Å². The van der Waals surface area contributed by atoms with Crippen LogP contribution in [0.4, 0.5) is 4.39 Å². The first-order valence-electron chi connectivity index (χ1n) is 5.79. The van der Waals surface area contributed by atoms with Crippen molar-refractivity contribution in [3.8, 4) is 11.8 Å². The zero-order valence-corrected chi connectivity index (χ0v) is 11.0. The van der Waals surface area contributed by atoms with Crippen LogP contribution in [0.1, 0.15) is 5.56 Å². The third-order valence-corrected chi connectivity index (χ3v) is 3.39. The van der Waals surface area contributed by atoms with E-state index in [-0.39, 0.29) is 5.82 Å². The summed E-state index contributed by atoms with van der Waals surface area (Å²) in [6.45, 7) is 0.563. The van der Waals surface area contributed by atoms with Crippen molar-refractivity contribution in [3.63, 3.8) is 0 Å². The third-order valence-electron chi connectivity index (χ3n) is 2.42. The molecule has 96 valence electrons. The predicted molar refractivity (Wildman–Crippen MR) is 73.8 cm³/mol. The van der Waals surface area contributed by atoms with Crippen molar-refractivity contribution in [2.24, 2.45) is 0 Å². The van der Waals surface area contributed by atoms with Crippen molar-refractivity contribution in [2.75, 3.05) is 12.4 Å². The minimum atomic E-state index is -0.224. The highest BCUT2D eigenvalue weighted by atomic mass is 32.2. The zero-order valence-electron chi connectivity index (χ0n) is 10.2. The van der Waals surface area contributed by atoms with Gasteiger partial charge < -0.3 is 4.74 Å². The fraction of sp³-hybridized carbons (Fsp3) is 0.133. The molecule has 4 heteroatoms. The summed E-state index contributed by atoms with van der Waals surface area (Å²) in [5.41, 5.74) is 0.619. The van der Waals surface area contributed by atoms with Crippen LogP contribution in [0.2, 0.25) is 0 Å². The molecule has 2 aromatic carbocycles. The van der Waals surface area contributed by atoms with Crippen LogP contribution in [-0.4, -0.2) is 12.4 Å². The number of thioether (sulfide) groups is 1. The van der Waals surface area contributed by atoms with E-state index in [9.17, 15) is 4.39 Å². The highest BCUT2D eigenvalue weighted by molar-refractivity contribution is 7.99. The molecule has 0 atom stereocenters. The molecule has 0 radical (unpaired) electrons. The second-order valence-corrected chi connectivity index (χ2v) is 4.96. The van der Waals surface area contributed by atoms with Gasteiger partial charge in [-0.15, -0.1) is 11.8 Å². The highest BCUT2D eigenvalue weighted by Crippen LogP contribution is 2.18. The lowest BCUT2D eigenvalue weighted by atomic mass is 10.2. The molecule has 0 bridgehead atoms. The molecule has 2 nitrogen and oxygen atoms in total. The predicted octanol–water partition coefficient (Wildman–Crippen LogP) is 3.87. The van der Waals surface area contributed by atoms with Crippen molar-refractivity contribution in [3.05, 3.63) is 59.9 Å². The van der Waals surface area contributed by atoms with Crippen LogP contribution < -0.4 is 4.74 Å². The van der Waals surface area contributed by atoms with Gasteiger partial charge in [0, 0.05) is 10.6 Å². The van der Waals surface area contributed by atoms with E-state index < -0.39 is 0 Å². The van der Waals surface area contributed by atoms with E-state index >= 15 is 0 Å². The Hall–Kier alpha value is -1.99. The molecule has 2 rings (SSSR count). The van der Waals surface area contributed by atoms with Crippen molar-refractivity contribution in [1.82, 2.24) is 0 Å². The molecule has 0 saturated heterocycles. The third kappa shape index (κ3) is 4.31. The maximum atomic E-state index is 12.7. The molecule has 0 aromatic heterocycles. The Morgan fingerprint density at radius 2 is 1.74 bits per heavy atom. The summed E-state index contributed by atoms with van der Waals surface area (Å²) in [6.07, 6.45) is 0. The number of nitriles is 1. The molecule has 0 amide bonds. The number of hydrogen-bond donors (Lipinski definition) is 0. The Morgan fingerprint density at radius 1 is 1.05 bits per heavy atom. The molecule has 0 N–H and O–H groups in total. The number of halogens is 1. The van der Waals surface area contributed by atoms with Gasteiger partial charge in [0.15, 0.2) is 0 Å². The summed E-state index contributed by atoms with van der Waals surface area (Å²) in [4.78, 5) is 1.02. The van der Waals surface area contributed by atoms with E-state index in [1.165, 1.54) is 12.1 Å². The van der Waals surface area contributed by atoms with Crippen LogP contribution >= 0.6 is 11.8 Å². The first-order valence-corrected chi connectivity index (χ1v) is 6.78. The number of nitrogens with zero attached hydrogens (tertiary/aromatic N) is 1. The Morgan fingerprint density at radius 3 is 2.37 bits per heavy atom. The van der Waals surface area contributed by atoms with E-state index in [1.807, 2.05) is 0 Å². The lowest BCUT2D eigenvalue weighted by Gasteiger charge is -2.06. The van der Waals surface area contributed by atoms with Gasteiger partial charge in [-0.1, -0.05) is 0 Å². The molecule has 0 unspecified atom stereocenters. The maximum absolute atomic E-state index is 12.7. The molecule has 0 saturated carbocycles. The number of rotatable bonds is 5. The van der Waals surface area contributed by atoms with E-state index in [1.54, 1.807) is 48.2 Å². The van der Waals surface area contributed by atoms with Crippen molar-refractivity contribution < 1.29 is 9.13 Å². The van der Waals surface area contributed by atoms with Gasteiger partial charge in [-0.05, 0) is 48.5 Å². The zero-order chi connectivity index (χ0) is 13.5. The molecular weight excluding hydrogens is 261 g/mol. The van der Waals surface area contributed by atoms with Gasteiger partial charge in [-0.3, -0.25) is 0 Å². The average molecular weight is 273 g/mol. The summed E-state index contributed by atoms with van der Waals surface area (Å²) in [5, 5.41) is 8.67. The monoisotopic (exact) mass is 273 g/mol. The molecule has 0 fully saturated rings. The summed E-state index contributed by atoms with van der Waals surface area (Å²) in [6, 6.07) is 15.5. The van der Waals surface area contributed by atoms with Crippen LogP contribution in [0.15, 0.2) is 53.4 Å². The van der Waals surface area contributed by atoms with Crippen LogP contribution in [0.3, 0.4) is 0 Å². The molecule has 0 aliphatic heterocycles. The van der Waals surface area contributed by atoms with E-state index in [0.717, 1.165) is 16.4 Å². The normalized spacial score (nSPS) is 9.89. The summed E-state index contributed by atoms with van der Waals surface area (Å²) in [5.74, 6) is 1.31. The summed E-state index contributed by atoms with van der Waals surface area (Å²) >= 11 is 1.61. The Kier molecular flexibility index (Phi) is 4.82. The van der Waals surface area contributed by atoms with Gasteiger partial charge in [0.1, 0.15) is 11.6 Å². The standard InChI is InChI=1S/C15H12FNOS/c16-13-3-7-15(8-4-13)19-10-9-18-14-5-1-12(11-17)2-6-14/h1-8H,9-10H2. The fourth-order valence-electron chi connectivity index (χ4n) is 1.48. The SMILES string of the molecule is N#Cc1ccc(OCCSc2ccc(F)cc2)cc1. The molecule has 0 spiro atoms. The number of benzene rings is 2. The minimum absolute atomic E-state index is 0.224. The maximum Gasteiger partial charge on any atom is 0.123 e. The smallest absolute Gasteiger partial charge is 0.123 e. The second kappa shape index (κ2) is 6.81. The summed E-state index contributed by atoms with van der Waals surface area (Å²) in [7, 11) is 0. The average Bonchev–Trinajstić information content (AvgIpc) is 2.46. The minimum Gasteiger partial charge on any atom is -0.493 e. The molecule has 0 aliphatic rings. The van der Waals surface area contributed by atoms with Gasteiger partial charge in [0.25, 0.3) is 0 Å².